The van der Waals surface area contributed by atoms with Crippen molar-refractivity contribution in [3.8, 4) is 5.69 Å². The summed E-state index contributed by atoms with van der Waals surface area (Å²) in [5.74, 6) is -0.334. The quantitative estimate of drug-likeness (QED) is 0.753. The highest BCUT2D eigenvalue weighted by molar-refractivity contribution is 9.10. The lowest BCUT2D eigenvalue weighted by Gasteiger charge is -2.08. The second-order valence-electron chi connectivity index (χ2n) is 5.12. The molecule has 1 heterocycles. The minimum absolute atomic E-state index is 0.188. The number of nitrogens with one attached hydrogen (secondary N) is 1. The van der Waals surface area contributed by atoms with Gasteiger partial charge in [-0.25, -0.2) is 0 Å². The van der Waals surface area contributed by atoms with Crippen molar-refractivity contribution >= 4 is 21.8 Å². The molecule has 0 saturated carbocycles. The number of aromatic nitrogens is 2. The van der Waals surface area contributed by atoms with Crippen LogP contribution in [0.25, 0.3) is 5.69 Å². The number of para-hydroxylation sites is 1. The fourth-order valence-corrected chi connectivity index (χ4v) is 2.65. The van der Waals surface area contributed by atoms with E-state index in [1.54, 1.807) is 12.1 Å². The topological polar surface area (TPSA) is 64.0 Å². The largest absolute Gasteiger partial charge is 0.347 e. The molecule has 0 unspecified atom stereocenters. The molecule has 24 heavy (non-hydrogen) atoms. The smallest absolute Gasteiger partial charge is 0.272 e. The van der Waals surface area contributed by atoms with Gasteiger partial charge in [0, 0.05) is 17.1 Å². The third kappa shape index (κ3) is 3.78. The predicted octanol–water partition coefficient (Wildman–Crippen LogP) is 2.93. The maximum atomic E-state index is 12.3. The Kier molecular flexibility index (Phi) is 4.86. The Morgan fingerprint density at radius 3 is 2.58 bits per heavy atom. The zero-order chi connectivity index (χ0) is 16.9. The van der Waals surface area contributed by atoms with Gasteiger partial charge in [-0.05, 0) is 35.9 Å². The van der Waals surface area contributed by atoms with Crippen molar-refractivity contribution in [3.63, 3.8) is 0 Å². The van der Waals surface area contributed by atoms with Crippen molar-refractivity contribution in [1.29, 1.82) is 0 Å². The molecule has 0 spiro atoms. The van der Waals surface area contributed by atoms with Crippen LogP contribution in [0.15, 0.2) is 76.0 Å². The van der Waals surface area contributed by atoms with Crippen LogP contribution in [-0.4, -0.2) is 15.7 Å². The van der Waals surface area contributed by atoms with Crippen LogP contribution in [0.1, 0.15) is 16.1 Å². The van der Waals surface area contributed by atoms with Crippen LogP contribution in [0.3, 0.4) is 0 Å². The van der Waals surface area contributed by atoms with Crippen molar-refractivity contribution in [3.05, 3.63) is 92.8 Å². The summed E-state index contributed by atoms with van der Waals surface area (Å²) >= 11 is 3.39. The van der Waals surface area contributed by atoms with Gasteiger partial charge in [0.25, 0.3) is 11.5 Å². The van der Waals surface area contributed by atoms with Gasteiger partial charge in [-0.1, -0.05) is 46.3 Å². The van der Waals surface area contributed by atoms with E-state index in [-0.39, 0.29) is 17.2 Å². The van der Waals surface area contributed by atoms with E-state index in [4.69, 9.17) is 0 Å². The van der Waals surface area contributed by atoms with Gasteiger partial charge in [-0.15, -0.1) is 0 Å². The number of carbonyl (C=O) groups excluding carboxylic acids is 1. The number of rotatable bonds is 4. The van der Waals surface area contributed by atoms with Gasteiger partial charge in [0.1, 0.15) is 5.69 Å². The van der Waals surface area contributed by atoms with E-state index >= 15 is 0 Å². The van der Waals surface area contributed by atoms with Gasteiger partial charge in [0.15, 0.2) is 0 Å². The van der Waals surface area contributed by atoms with Crippen LogP contribution >= 0.6 is 15.9 Å². The summed E-state index contributed by atoms with van der Waals surface area (Å²) in [6.45, 7) is 0.379. The fourth-order valence-electron chi connectivity index (χ4n) is 2.21. The average molecular weight is 384 g/mol. The van der Waals surface area contributed by atoms with Crippen LogP contribution in [0.5, 0.6) is 0 Å². The molecular formula is C18H14BrN3O2. The van der Waals surface area contributed by atoms with Gasteiger partial charge in [-0.2, -0.15) is 9.78 Å². The standard InChI is InChI=1S/C18H14BrN3O2/c19-14-6-4-5-13(11-14)12-20-18(24)16-9-10-17(23)22(21-16)15-7-2-1-3-8-15/h1-11H,12H2,(H,20,24). The lowest BCUT2D eigenvalue weighted by Crippen LogP contribution is -2.28. The highest BCUT2D eigenvalue weighted by atomic mass is 79.9. The molecule has 1 N–H and O–H groups in total. The maximum absolute atomic E-state index is 12.3. The van der Waals surface area contributed by atoms with Crippen LogP contribution < -0.4 is 10.9 Å². The van der Waals surface area contributed by atoms with Crippen molar-refractivity contribution in [2.75, 3.05) is 0 Å². The predicted molar refractivity (Wildman–Crippen MR) is 95.1 cm³/mol. The van der Waals surface area contributed by atoms with Crippen LogP contribution in [-0.2, 0) is 6.54 Å². The lowest BCUT2D eigenvalue weighted by atomic mass is 10.2. The Morgan fingerprint density at radius 1 is 1.04 bits per heavy atom. The molecule has 0 atom stereocenters. The van der Waals surface area contributed by atoms with E-state index in [2.05, 4.69) is 26.3 Å². The Bertz CT molecular complexity index is 923. The monoisotopic (exact) mass is 383 g/mol. The number of nitrogens with zero attached hydrogens (tertiary/aromatic N) is 2. The van der Waals surface area contributed by atoms with E-state index in [0.717, 1.165) is 10.0 Å². The van der Waals surface area contributed by atoms with E-state index in [1.165, 1.54) is 16.8 Å². The average Bonchev–Trinajstić information content (AvgIpc) is 2.61. The molecule has 0 radical (unpaired) electrons. The number of hydrogen-bond donors (Lipinski definition) is 1. The summed E-state index contributed by atoms with van der Waals surface area (Å²) < 4.78 is 2.17. The molecule has 0 aliphatic heterocycles. The fraction of sp³-hybridized carbons (Fsp3) is 0.0556. The molecule has 120 valence electrons. The summed E-state index contributed by atoms with van der Waals surface area (Å²) in [5.41, 5.74) is 1.48. The molecule has 3 aromatic rings. The minimum atomic E-state index is -0.334. The SMILES string of the molecule is O=C(NCc1cccc(Br)c1)c1ccc(=O)n(-c2ccccc2)n1. The molecule has 0 saturated heterocycles. The molecule has 2 aromatic carbocycles. The third-order valence-electron chi connectivity index (χ3n) is 3.38. The Hall–Kier alpha value is -2.73. The summed E-state index contributed by atoms with van der Waals surface area (Å²) in [4.78, 5) is 24.3. The first-order chi connectivity index (χ1) is 11.6. The van der Waals surface area contributed by atoms with Gasteiger partial charge < -0.3 is 5.32 Å². The van der Waals surface area contributed by atoms with Crippen LogP contribution in [0, 0.1) is 0 Å². The highest BCUT2D eigenvalue weighted by Crippen LogP contribution is 2.11. The van der Waals surface area contributed by atoms with Crippen molar-refractivity contribution in [2.24, 2.45) is 0 Å². The number of carbonyl (C=O) groups is 1. The van der Waals surface area contributed by atoms with E-state index in [0.29, 0.717) is 12.2 Å². The Morgan fingerprint density at radius 2 is 1.83 bits per heavy atom. The van der Waals surface area contributed by atoms with Crippen molar-refractivity contribution < 1.29 is 4.79 Å². The molecule has 0 fully saturated rings. The summed E-state index contributed by atoms with van der Waals surface area (Å²) in [6.07, 6.45) is 0. The zero-order valence-electron chi connectivity index (χ0n) is 12.6. The van der Waals surface area contributed by atoms with Crippen molar-refractivity contribution in [2.45, 2.75) is 6.54 Å². The Labute approximate surface area is 147 Å². The first-order valence-corrected chi connectivity index (χ1v) is 8.11. The normalized spacial score (nSPS) is 10.4. The Balaban J connectivity index is 1.79. The minimum Gasteiger partial charge on any atom is -0.347 e. The zero-order valence-corrected chi connectivity index (χ0v) is 14.2. The molecule has 1 aromatic heterocycles. The van der Waals surface area contributed by atoms with E-state index in [9.17, 15) is 9.59 Å². The number of hydrogen-bond acceptors (Lipinski definition) is 3. The summed E-state index contributed by atoms with van der Waals surface area (Å²) in [5, 5.41) is 6.96. The molecule has 0 aliphatic carbocycles. The molecule has 0 bridgehead atoms. The van der Waals surface area contributed by atoms with Gasteiger partial charge in [0.05, 0.1) is 5.69 Å². The second kappa shape index (κ2) is 7.23. The molecule has 6 heteroatoms. The molecule has 1 amide bonds. The first kappa shape index (κ1) is 16.1. The molecule has 0 aliphatic rings. The van der Waals surface area contributed by atoms with E-state index in [1.807, 2.05) is 42.5 Å². The number of halogens is 1. The summed E-state index contributed by atoms with van der Waals surface area (Å²) in [6, 6.07) is 19.4. The molecule has 3 rings (SSSR count). The van der Waals surface area contributed by atoms with Crippen molar-refractivity contribution in [1.82, 2.24) is 15.1 Å². The van der Waals surface area contributed by atoms with Crippen LogP contribution in [0.2, 0.25) is 0 Å². The van der Waals surface area contributed by atoms with Crippen LogP contribution in [0.4, 0.5) is 0 Å². The second-order valence-corrected chi connectivity index (χ2v) is 6.03. The first-order valence-electron chi connectivity index (χ1n) is 7.32. The lowest BCUT2D eigenvalue weighted by molar-refractivity contribution is 0.0944. The number of benzene rings is 2. The molecular weight excluding hydrogens is 370 g/mol. The van der Waals surface area contributed by atoms with Gasteiger partial charge >= 0.3 is 0 Å². The van der Waals surface area contributed by atoms with Gasteiger partial charge in [-0.3, -0.25) is 9.59 Å². The highest BCUT2D eigenvalue weighted by Gasteiger charge is 2.10. The molecule has 5 nitrogen and oxygen atoms in total. The van der Waals surface area contributed by atoms with Gasteiger partial charge in [0.2, 0.25) is 0 Å². The third-order valence-corrected chi connectivity index (χ3v) is 3.87. The summed E-state index contributed by atoms with van der Waals surface area (Å²) in [7, 11) is 0. The van der Waals surface area contributed by atoms with E-state index < -0.39 is 0 Å². The maximum Gasteiger partial charge on any atom is 0.272 e. The number of amides is 1.